The summed E-state index contributed by atoms with van der Waals surface area (Å²) in [4.78, 5) is 23.4. The maximum absolute atomic E-state index is 11.7. The summed E-state index contributed by atoms with van der Waals surface area (Å²) in [5, 5.41) is 14.8. The third-order valence-electron chi connectivity index (χ3n) is 3.14. The van der Waals surface area contributed by atoms with Crippen LogP contribution in [0.15, 0.2) is 22.8 Å². The molecule has 1 fully saturated rings. The van der Waals surface area contributed by atoms with Gasteiger partial charge < -0.3 is 20.2 Å². The average molecular weight is 266 g/mol. The van der Waals surface area contributed by atoms with Crippen LogP contribution in [0.2, 0.25) is 0 Å². The second-order valence-electron chi connectivity index (χ2n) is 4.82. The molecule has 6 nitrogen and oxygen atoms in total. The van der Waals surface area contributed by atoms with Crippen molar-refractivity contribution >= 4 is 11.8 Å². The Morgan fingerprint density at radius 2 is 2.26 bits per heavy atom. The van der Waals surface area contributed by atoms with Crippen molar-refractivity contribution in [2.75, 3.05) is 6.54 Å². The first-order chi connectivity index (χ1) is 9.08. The number of aliphatic hydroxyl groups is 1. The van der Waals surface area contributed by atoms with Gasteiger partial charge in [0.15, 0.2) is 5.76 Å². The lowest BCUT2D eigenvalue weighted by molar-refractivity contribution is -0.123. The van der Waals surface area contributed by atoms with Crippen LogP contribution in [0.25, 0.3) is 0 Å². The molecule has 0 aromatic carbocycles. The van der Waals surface area contributed by atoms with Crippen molar-refractivity contribution in [1.82, 2.24) is 10.6 Å². The van der Waals surface area contributed by atoms with E-state index in [2.05, 4.69) is 10.6 Å². The molecule has 2 unspecified atom stereocenters. The van der Waals surface area contributed by atoms with Crippen LogP contribution in [-0.4, -0.2) is 35.6 Å². The first kappa shape index (κ1) is 13.6. The van der Waals surface area contributed by atoms with E-state index < -0.39 is 18.1 Å². The zero-order valence-electron chi connectivity index (χ0n) is 10.8. The number of carbonyl (C=O) groups is 2. The number of hydrogen-bond donors (Lipinski definition) is 3. The van der Waals surface area contributed by atoms with Gasteiger partial charge in [-0.05, 0) is 37.8 Å². The van der Waals surface area contributed by atoms with Gasteiger partial charge in [-0.25, -0.2) is 0 Å². The van der Waals surface area contributed by atoms with Gasteiger partial charge in [0.1, 0.15) is 6.04 Å². The predicted molar refractivity (Wildman–Crippen MR) is 67.4 cm³/mol. The van der Waals surface area contributed by atoms with Gasteiger partial charge in [0.2, 0.25) is 5.91 Å². The van der Waals surface area contributed by atoms with E-state index in [1.54, 1.807) is 13.0 Å². The van der Waals surface area contributed by atoms with Crippen molar-refractivity contribution < 1.29 is 19.1 Å². The van der Waals surface area contributed by atoms with Gasteiger partial charge in [-0.1, -0.05) is 0 Å². The van der Waals surface area contributed by atoms with E-state index in [1.807, 2.05) is 0 Å². The van der Waals surface area contributed by atoms with Crippen LogP contribution in [0.4, 0.5) is 0 Å². The van der Waals surface area contributed by atoms with E-state index in [4.69, 9.17) is 4.42 Å². The van der Waals surface area contributed by atoms with Gasteiger partial charge in [0.25, 0.3) is 5.91 Å². The van der Waals surface area contributed by atoms with E-state index in [9.17, 15) is 14.7 Å². The van der Waals surface area contributed by atoms with E-state index in [-0.39, 0.29) is 18.2 Å². The molecule has 0 spiro atoms. The van der Waals surface area contributed by atoms with Gasteiger partial charge in [-0.3, -0.25) is 9.59 Å². The fourth-order valence-electron chi connectivity index (χ4n) is 1.75. The lowest BCUT2D eigenvalue weighted by Crippen LogP contribution is -2.46. The number of amides is 2. The predicted octanol–water partition coefficient (Wildman–Crippen LogP) is 0.285. The second kappa shape index (κ2) is 5.88. The standard InChI is InChI=1S/C13H18N2O4/c1-8(15-13(18)11-3-2-6-19-11)12(17)14-7-10(16)9-4-5-9/h2-3,6,8-10,16H,4-5,7H2,1H3,(H,14,17)(H,15,18). The van der Waals surface area contributed by atoms with Crippen LogP contribution in [0.5, 0.6) is 0 Å². The Bertz CT molecular complexity index is 440. The number of furan rings is 1. The molecule has 1 aliphatic rings. The molecular weight excluding hydrogens is 248 g/mol. The third kappa shape index (κ3) is 3.82. The highest BCUT2D eigenvalue weighted by Gasteiger charge is 2.30. The molecule has 1 saturated carbocycles. The molecule has 19 heavy (non-hydrogen) atoms. The molecule has 6 heteroatoms. The molecule has 1 aromatic rings. The first-order valence-corrected chi connectivity index (χ1v) is 6.38. The Morgan fingerprint density at radius 1 is 1.53 bits per heavy atom. The Labute approximate surface area is 111 Å². The molecule has 0 bridgehead atoms. The molecule has 2 amide bonds. The SMILES string of the molecule is CC(NC(=O)c1ccco1)C(=O)NCC(O)C1CC1. The number of nitrogens with one attached hydrogen (secondary N) is 2. The zero-order chi connectivity index (χ0) is 13.8. The Balaban J connectivity index is 1.74. The highest BCUT2D eigenvalue weighted by Crippen LogP contribution is 2.32. The zero-order valence-corrected chi connectivity index (χ0v) is 10.8. The summed E-state index contributed by atoms with van der Waals surface area (Å²) in [5.74, 6) is -0.277. The highest BCUT2D eigenvalue weighted by molar-refractivity contribution is 5.95. The molecule has 2 rings (SSSR count). The maximum atomic E-state index is 11.7. The van der Waals surface area contributed by atoms with Crippen LogP contribution < -0.4 is 10.6 Å². The van der Waals surface area contributed by atoms with Crippen LogP contribution in [0.3, 0.4) is 0 Å². The molecule has 0 aliphatic heterocycles. The summed E-state index contributed by atoms with van der Waals surface area (Å²) in [6.07, 6.45) is 2.94. The highest BCUT2D eigenvalue weighted by atomic mass is 16.3. The van der Waals surface area contributed by atoms with Crippen molar-refractivity contribution in [2.45, 2.75) is 31.9 Å². The number of rotatable bonds is 6. The van der Waals surface area contributed by atoms with Gasteiger partial charge in [-0.2, -0.15) is 0 Å². The minimum atomic E-state index is -0.677. The van der Waals surface area contributed by atoms with E-state index in [0.717, 1.165) is 12.8 Å². The number of hydrogen-bond acceptors (Lipinski definition) is 4. The Kier molecular flexibility index (Phi) is 4.21. The summed E-state index contributed by atoms with van der Waals surface area (Å²) in [7, 11) is 0. The van der Waals surface area contributed by atoms with Crippen molar-refractivity contribution in [2.24, 2.45) is 5.92 Å². The average Bonchev–Trinajstić information content (AvgIpc) is 3.10. The molecular formula is C13H18N2O4. The number of aliphatic hydroxyl groups excluding tert-OH is 1. The minimum Gasteiger partial charge on any atom is -0.459 e. The fourth-order valence-corrected chi connectivity index (χ4v) is 1.75. The lowest BCUT2D eigenvalue weighted by Gasteiger charge is -2.15. The quantitative estimate of drug-likeness (QED) is 0.690. The van der Waals surface area contributed by atoms with E-state index >= 15 is 0 Å². The molecule has 0 radical (unpaired) electrons. The van der Waals surface area contributed by atoms with Crippen molar-refractivity contribution in [3.63, 3.8) is 0 Å². The molecule has 104 valence electrons. The Hall–Kier alpha value is -1.82. The van der Waals surface area contributed by atoms with Crippen molar-refractivity contribution in [3.05, 3.63) is 24.2 Å². The summed E-state index contributed by atoms with van der Waals surface area (Å²) >= 11 is 0. The third-order valence-corrected chi connectivity index (χ3v) is 3.14. The van der Waals surface area contributed by atoms with Gasteiger partial charge >= 0.3 is 0 Å². The Morgan fingerprint density at radius 3 is 2.84 bits per heavy atom. The van der Waals surface area contributed by atoms with Crippen LogP contribution in [0, 0.1) is 5.92 Å². The topological polar surface area (TPSA) is 91.6 Å². The van der Waals surface area contributed by atoms with E-state index in [1.165, 1.54) is 12.3 Å². The maximum Gasteiger partial charge on any atom is 0.287 e. The molecule has 0 saturated heterocycles. The number of carbonyl (C=O) groups excluding carboxylic acids is 2. The monoisotopic (exact) mass is 266 g/mol. The molecule has 1 aromatic heterocycles. The van der Waals surface area contributed by atoms with Gasteiger partial charge in [-0.15, -0.1) is 0 Å². The lowest BCUT2D eigenvalue weighted by atomic mass is 10.2. The summed E-state index contributed by atoms with van der Waals surface area (Å²) < 4.78 is 4.93. The van der Waals surface area contributed by atoms with Gasteiger partial charge in [0, 0.05) is 6.54 Å². The molecule has 3 N–H and O–H groups in total. The summed E-state index contributed by atoms with van der Waals surface area (Å²) in [6.45, 7) is 1.81. The molecule has 1 heterocycles. The second-order valence-corrected chi connectivity index (χ2v) is 4.82. The van der Waals surface area contributed by atoms with Crippen molar-refractivity contribution in [1.29, 1.82) is 0 Å². The minimum absolute atomic E-state index is 0.165. The van der Waals surface area contributed by atoms with Crippen LogP contribution in [0.1, 0.15) is 30.3 Å². The van der Waals surface area contributed by atoms with E-state index in [0.29, 0.717) is 5.92 Å². The summed E-state index contributed by atoms with van der Waals surface area (Å²) in [6, 6.07) is 2.45. The fraction of sp³-hybridized carbons (Fsp3) is 0.538. The molecule has 1 aliphatic carbocycles. The first-order valence-electron chi connectivity index (χ1n) is 6.38. The molecule has 2 atom stereocenters. The van der Waals surface area contributed by atoms with Crippen LogP contribution in [-0.2, 0) is 4.79 Å². The normalized spacial score (nSPS) is 17.6. The summed E-state index contributed by atoms with van der Waals surface area (Å²) in [5.41, 5.74) is 0. The van der Waals surface area contributed by atoms with Crippen molar-refractivity contribution in [3.8, 4) is 0 Å². The smallest absolute Gasteiger partial charge is 0.287 e. The van der Waals surface area contributed by atoms with Crippen LogP contribution >= 0.6 is 0 Å². The largest absolute Gasteiger partial charge is 0.459 e. The van der Waals surface area contributed by atoms with Gasteiger partial charge in [0.05, 0.1) is 12.4 Å².